The third kappa shape index (κ3) is 3.94. The fraction of sp³-hybridized carbons (Fsp3) is 0.867. The van der Waals surface area contributed by atoms with Crippen molar-refractivity contribution in [2.75, 3.05) is 39.8 Å². The molecule has 0 aromatic rings. The lowest BCUT2D eigenvalue weighted by atomic mass is 9.93. The van der Waals surface area contributed by atoms with E-state index in [-0.39, 0.29) is 12.0 Å². The SMILES string of the molecule is CN(CC1CC1)C[C@@H]1CN(C(=O)C(C)(C)C#N)CCO1. The number of ether oxygens (including phenoxy) is 1. The van der Waals surface area contributed by atoms with Crippen LogP contribution in [-0.2, 0) is 9.53 Å². The summed E-state index contributed by atoms with van der Waals surface area (Å²) in [6, 6.07) is 2.09. The molecule has 1 amide bonds. The summed E-state index contributed by atoms with van der Waals surface area (Å²) in [6.45, 7) is 7.09. The summed E-state index contributed by atoms with van der Waals surface area (Å²) in [5.74, 6) is 0.775. The zero-order chi connectivity index (χ0) is 14.8. The maximum Gasteiger partial charge on any atom is 0.242 e. The number of rotatable bonds is 5. The van der Waals surface area contributed by atoms with Crippen molar-refractivity contribution in [3.8, 4) is 6.07 Å². The molecule has 1 saturated heterocycles. The van der Waals surface area contributed by atoms with E-state index in [0.29, 0.717) is 19.7 Å². The minimum atomic E-state index is -0.943. The van der Waals surface area contributed by atoms with E-state index in [0.717, 1.165) is 19.0 Å². The molecule has 2 rings (SSSR count). The van der Waals surface area contributed by atoms with Crippen LogP contribution in [-0.4, -0.2) is 61.6 Å². The van der Waals surface area contributed by atoms with Gasteiger partial charge in [0.25, 0.3) is 0 Å². The van der Waals surface area contributed by atoms with Crippen molar-refractivity contribution in [3.05, 3.63) is 0 Å². The normalized spacial score (nSPS) is 23.8. The average Bonchev–Trinajstić information content (AvgIpc) is 3.21. The first-order valence-electron chi connectivity index (χ1n) is 7.43. The molecule has 2 aliphatic rings. The largest absolute Gasteiger partial charge is 0.373 e. The highest BCUT2D eigenvalue weighted by atomic mass is 16.5. The zero-order valence-corrected chi connectivity index (χ0v) is 12.8. The average molecular weight is 279 g/mol. The van der Waals surface area contributed by atoms with Gasteiger partial charge in [-0.05, 0) is 39.7 Å². The number of carbonyl (C=O) groups excluding carboxylic acids is 1. The quantitative estimate of drug-likeness (QED) is 0.756. The van der Waals surface area contributed by atoms with E-state index >= 15 is 0 Å². The van der Waals surface area contributed by atoms with Crippen molar-refractivity contribution in [2.24, 2.45) is 11.3 Å². The number of morpholine rings is 1. The molecule has 0 spiro atoms. The van der Waals surface area contributed by atoms with Crippen LogP contribution >= 0.6 is 0 Å². The highest BCUT2D eigenvalue weighted by Crippen LogP contribution is 2.29. The van der Waals surface area contributed by atoms with Gasteiger partial charge in [-0.1, -0.05) is 0 Å². The Morgan fingerprint density at radius 3 is 2.75 bits per heavy atom. The van der Waals surface area contributed by atoms with E-state index in [4.69, 9.17) is 10.00 Å². The lowest BCUT2D eigenvalue weighted by molar-refractivity contribution is -0.145. The van der Waals surface area contributed by atoms with Crippen LogP contribution < -0.4 is 0 Å². The van der Waals surface area contributed by atoms with E-state index in [1.807, 2.05) is 0 Å². The summed E-state index contributed by atoms with van der Waals surface area (Å²) >= 11 is 0. The summed E-state index contributed by atoms with van der Waals surface area (Å²) < 4.78 is 5.76. The van der Waals surface area contributed by atoms with E-state index < -0.39 is 5.41 Å². The maximum absolute atomic E-state index is 12.3. The van der Waals surface area contributed by atoms with Gasteiger partial charge in [-0.2, -0.15) is 5.26 Å². The number of nitrogens with zero attached hydrogens (tertiary/aromatic N) is 3. The minimum Gasteiger partial charge on any atom is -0.373 e. The van der Waals surface area contributed by atoms with E-state index in [9.17, 15) is 4.79 Å². The van der Waals surface area contributed by atoms with Crippen molar-refractivity contribution < 1.29 is 9.53 Å². The van der Waals surface area contributed by atoms with Crippen LogP contribution in [0.1, 0.15) is 26.7 Å². The predicted molar refractivity (Wildman–Crippen MR) is 75.9 cm³/mol. The Morgan fingerprint density at radius 1 is 1.45 bits per heavy atom. The molecule has 1 saturated carbocycles. The van der Waals surface area contributed by atoms with Crippen molar-refractivity contribution in [1.82, 2.24) is 9.80 Å². The Kier molecular flexibility index (Phi) is 4.66. The lowest BCUT2D eigenvalue weighted by Crippen LogP contribution is -2.52. The molecule has 2 fully saturated rings. The number of likely N-dealkylation sites (N-methyl/N-ethyl adjacent to an activating group) is 1. The highest BCUT2D eigenvalue weighted by molar-refractivity contribution is 5.84. The van der Waals surface area contributed by atoms with Crippen molar-refractivity contribution in [2.45, 2.75) is 32.8 Å². The van der Waals surface area contributed by atoms with E-state index in [1.165, 1.54) is 12.8 Å². The van der Waals surface area contributed by atoms with E-state index in [2.05, 4.69) is 18.0 Å². The van der Waals surface area contributed by atoms with Gasteiger partial charge in [-0.25, -0.2) is 0 Å². The first-order chi connectivity index (χ1) is 9.42. The van der Waals surface area contributed by atoms with Crippen LogP contribution in [0.5, 0.6) is 0 Å². The Balaban J connectivity index is 1.84. The summed E-state index contributed by atoms with van der Waals surface area (Å²) in [7, 11) is 2.11. The van der Waals surface area contributed by atoms with Gasteiger partial charge in [-0.3, -0.25) is 4.79 Å². The van der Waals surface area contributed by atoms with Crippen LogP contribution in [0.2, 0.25) is 0 Å². The lowest BCUT2D eigenvalue weighted by Gasteiger charge is -2.37. The molecule has 1 atom stereocenters. The molecular weight excluding hydrogens is 254 g/mol. The molecule has 1 aliphatic heterocycles. The van der Waals surface area contributed by atoms with Gasteiger partial charge in [0.1, 0.15) is 5.41 Å². The molecule has 0 radical (unpaired) electrons. The first-order valence-corrected chi connectivity index (χ1v) is 7.43. The number of nitriles is 1. The van der Waals surface area contributed by atoms with Crippen molar-refractivity contribution in [3.63, 3.8) is 0 Å². The van der Waals surface area contributed by atoms with Gasteiger partial charge >= 0.3 is 0 Å². The molecule has 0 bridgehead atoms. The summed E-state index contributed by atoms with van der Waals surface area (Å²) in [4.78, 5) is 16.4. The Labute approximate surface area is 121 Å². The Morgan fingerprint density at radius 2 is 2.15 bits per heavy atom. The molecular formula is C15H25N3O2. The fourth-order valence-corrected chi connectivity index (χ4v) is 2.62. The first kappa shape index (κ1) is 15.3. The molecule has 0 aromatic heterocycles. The molecule has 0 unspecified atom stereocenters. The number of amides is 1. The second-order valence-electron chi connectivity index (χ2n) is 6.65. The van der Waals surface area contributed by atoms with Crippen LogP contribution in [0.15, 0.2) is 0 Å². The number of carbonyl (C=O) groups is 1. The van der Waals surface area contributed by atoms with Gasteiger partial charge in [0.05, 0.1) is 18.8 Å². The van der Waals surface area contributed by atoms with Crippen LogP contribution in [0, 0.1) is 22.7 Å². The van der Waals surface area contributed by atoms with Gasteiger partial charge < -0.3 is 14.5 Å². The van der Waals surface area contributed by atoms with Gasteiger partial charge in [0.15, 0.2) is 0 Å². The van der Waals surface area contributed by atoms with Crippen LogP contribution in [0.4, 0.5) is 0 Å². The van der Waals surface area contributed by atoms with Gasteiger partial charge in [0, 0.05) is 26.2 Å². The second-order valence-corrected chi connectivity index (χ2v) is 6.65. The van der Waals surface area contributed by atoms with Gasteiger partial charge in [0.2, 0.25) is 5.91 Å². The second kappa shape index (κ2) is 6.11. The van der Waals surface area contributed by atoms with E-state index in [1.54, 1.807) is 18.7 Å². The topological polar surface area (TPSA) is 56.6 Å². The van der Waals surface area contributed by atoms with Crippen LogP contribution in [0.25, 0.3) is 0 Å². The molecule has 20 heavy (non-hydrogen) atoms. The summed E-state index contributed by atoms with van der Waals surface area (Å²) in [5, 5.41) is 9.08. The molecule has 1 aliphatic carbocycles. The predicted octanol–water partition coefficient (Wildman–Crippen LogP) is 1.11. The minimum absolute atomic E-state index is 0.0611. The fourth-order valence-electron chi connectivity index (χ4n) is 2.62. The molecule has 112 valence electrons. The summed E-state index contributed by atoms with van der Waals surface area (Å²) in [6.07, 6.45) is 2.75. The van der Waals surface area contributed by atoms with Crippen molar-refractivity contribution in [1.29, 1.82) is 5.26 Å². The van der Waals surface area contributed by atoms with Gasteiger partial charge in [-0.15, -0.1) is 0 Å². The summed E-state index contributed by atoms with van der Waals surface area (Å²) in [5.41, 5.74) is -0.943. The Hall–Kier alpha value is -1.12. The third-order valence-electron chi connectivity index (χ3n) is 4.02. The maximum atomic E-state index is 12.3. The standard InChI is InChI=1S/C15H25N3O2/c1-15(2,11-16)14(19)18-6-7-20-13(10-18)9-17(3)8-12-4-5-12/h12-13H,4-10H2,1-3H3/t13-/m1/s1. The molecule has 0 aromatic carbocycles. The molecule has 1 heterocycles. The highest BCUT2D eigenvalue weighted by Gasteiger charge is 2.35. The monoisotopic (exact) mass is 279 g/mol. The van der Waals surface area contributed by atoms with Crippen LogP contribution in [0.3, 0.4) is 0 Å². The molecule has 5 heteroatoms. The third-order valence-corrected chi connectivity index (χ3v) is 4.02. The zero-order valence-electron chi connectivity index (χ0n) is 12.8. The Bertz CT molecular complexity index is 398. The number of hydrogen-bond acceptors (Lipinski definition) is 4. The molecule has 5 nitrogen and oxygen atoms in total. The molecule has 0 N–H and O–H groups in total. The van der Waals surface area contributed by atoms with Crippen molar-refractivity contribution >= 4 is 5.91 Å². The smallest absolute Gasteiger partial charge is 0.242 e. The number of hydrogen-bond donors (Lipinski definition) is 0.